The fourth-order valence-corrected chi connectivity index (χ4v) is 1.01. The number of azo groups is 1. The molecule has 0 bridgehead atoms. The zero-order chi connectivity index (χ0) is 13.6. The van der Waals surface area contributed by atoms with Gasteiger partial charge < -0.3 is 0 Å². The van der Waals surface area contributed by atoms with E-state index in [4.69, 9.17) is 0 Å². The summed E-state index contributed by atoms with van der Waals surface area (Å²) in [5.41, 5.74) is 1.51. The summed E-state index contributed by atoms with van der Waals surface area (Å²) < 4.78 is 0. The molecule has 0 saturated carbocycles. The van der Waals surface area contributed by atoms with Gasteiger partial charge in [0.15, 0.2) is 0 Å². The highest BCUT2D eigenvalue weighted by Gasteiger charge is 1.88. The van der Waals surface area contributed by atoms with Crippen molar-refractivity contribution >= 4 is 0 Å². The van der Waals surface area contributed by atoms with Crippen LogP contribution in [0.25, 0.3) is 0 Å². The molecule has 0 aliphatic heterocycles. The zero-order valence-electron chi connectivity index (χ0n) is 11.1. The van der Waals surface area contributed by atoms with Gasteiger partial charge in [0, 0.05) is 0 Å². The lowest BCUT2D eigenvalue weighted by Gasteiger charge is -1.92. The maximum absolute atomic E-state index is 4.17. The normalized spacial score (nSPS) is 14.3. The molecule has 0 radical (unpaired) electrons. The van der Waals surface area contributed by atoms with E-state index in [1.165, 1.54) is 0 Å². The number of allylic oxidation sites excluding steroid dienone is 10. The summed E-state index contributed by atoms with van der Waals surface area (Å²) in [6, 6.07) is 0. The largest absolute Gasteiger partial charge is 0.151 e. The first kappa shape index (κ1) is 15.8. The molecule has 2 nitrogen and oxygen atoms in total. The third-order valence-corrected chi connectivity index (χ3v) is 1.77. The minimum Gasteiger partial charge on any atom is -0.151 e. The summed E-state index contributed by atoms with van der Waals surface area (Å²) in [6.07, 6.45) is 18.3. The van der Waals surface area contributed by atoms with Crippen molar-refractivity contribution in [3.05, 3.63) is 85.3 Å². The Kier molecular flexibility index (Phi) is 9.88. The van der Waals surface area contributed by atoms with E-state index in [2.05, 4.69) is 23.4 Å². The van der Waals surface area contributed by atoms with Crippen molar-refractivity contribution in [1.29, 1.82) is 0 Å². The molecular weight excluding hydrogens is 220 g/mol. The maximum Gasteiger partial charge on any atom is 0.0856 e. The average molecular weight is 240 g/mol. The lowest BCUT2D eigenvalue weighted by Crippen LogP contribution is -1.73. The van der Waals surface area contributed by atoms with Crippen LogP contribution in [0.5, 0.6) is 0 Å². The molecule has 2 heteroatoms. The summed E-state index contributed by atoms with van der Waals surface area (Å²) in [7, 11) is 0. The van der Waals surface area contributed by atoms with Crippen LogP contribution in [0, 0.1) is 0 Å². The Morgan fingerprint density at radius 2 is 1.44 bits per heavy atom. The van der Waals surface area contributed by atoms with E-state index in [0.717, 1.165) is 11.4 Å². The van der Waals surface area contributed by atoms with Crippen molar-refractivity contribution in [3.8, 4) is 0 Å². The summed E-state index contributed by atoms with van der Waals surface area (Å²) in [5.74, 6) is 0. The van der Waals surface area contributed by atoms with Crippen molar-refractivity contribution < 1.29 is 0 Å². The van der Waals surface area contributed by atoms with Crippen LogP contribution in [0.3, 0.4) is 0 Å². The second kappa shape index (κ2) is 11.3. The van der Waals surface area contributed by atoms with E-state index >= 15 is 0 Å². The molecule has 18 heavy (non-hydrogen) atoms. The van der Waals surface area contributed by atoms with Crippen LogP contribution in [0.4, 0.5) is 0 Å². The van der Waals surface area contributed by atoms with Gasteiger partial charge in [0.25, 0.3) is 0 Å². The van der Waals surface area contributed by atoms with Crippen molar-refractivity contribution in [2.45, 2.75) is 13.8 Å². The molecule has 0 fully saturated rings. The number of nitrogens with zero attached hydrogens (tertiary/aromatic N) is 2. The minimum atomic E-state index is 0.723. The molecule has 0 spiro atoms. The van der Waals surface area contributed by atoms with Crippen LogP contribution < -0.4 is 0 Å². The smallest absolute Gasteiger partial charge is 0.0856 e. The van der Waals surface area contributed by atoms with E-state index in [9.17, 15) is 0 Å². The second-order valence-electron chi connectivity index (χ2n) is 3.24. The summed E-state index contributed by atoms with van der Waals surface area (Å²) >= 11 is 0. The van der Waals surface area contributed by atoms with Crippen molar-refractivity contribution in [2.75, 3.05) is 0 Å². The SMILES string of the molecule is C=C/C=C\C(=C/C=C)\N=N/C(/C=C\C)=C/C=C\C. The van der Waals surface area contributed by atoms with Gasteiger partial charge in [-0.05, 0) is 38.2 Å². The predicted octanol–water partition coefficient (Wildman–Crippen LogP) is 5.29. The van der Waals surface area contributed by atoms with Gasteiger partial charge in [-0.15, -0.1) is 0 Å². The van der Waals surface area contributed by atoms with E-state index in [0.29, 0.717) is 0 Å². The van der Waals surface area contributed by atoms with Gasteiger partial charge in [0.05, 0.1) is 11.4 Å². The zero-order valence-corrected chi connectivity index (χ0v) is 11.1. The first-order chi connectivity index (χ1) is 8.78. The molecule has 0 saturated heterocycles. The third kappa shape index (κ3) is 7.99. The van der Waals surface area contributed by atoms with Crippen LogP contribution in [-0.4, -0.2) is 0 Å². The fraction of sp³-hybridized carbons (Fsp3) is 0.125. The molecule has 0 aliphatic carbocycles. The number of hydrogen-bond donors (Lipinski definition) is 0. The molecule has 0 rings (SSSR count). The first-order valence-corrected chi connectivity index (χ1v) is 5.77. The Labute approximate surface area is 110 Å². The molecule has 0 aromatic carbocycles. The fourth-order valence-electron chi connectivity index (χ4n) is 1.01. The molecule has 0 aromatic heterocycles. The standard InChI is InChI=1S/C16H20N2/c1-5-9-13-15(11-7-3)17-18-16(12-8-4)14-10-6-2/h5-14H,1,3H2,2,4H3/b10-6-,12-8-,13-9-,15-11+,16-14+,18-17-. The van der Waals surface area contributed by atoms with E-state index in [-0.39, 0.29) is 0 Å². The number of rotatable bonds is 7. The lowest BCUT2D eigenvalue weighted by molar-refractivity contribution is 1.12. The predicted molar refractivity (Wildman–Crippen MR) is 80.2 cm³/mol. The van der Waals surface area contributed by atoms with Gasteiger partial charge >= 0.3 is 0 Å². The van der Waals surface area contributed by atoms with Gasteiger partial charge in [-0.25, -0.2) is 0 Å². The topological polar surface area (TPSA) is 24.7 Å². The highest BCUT2D eigenvalue weighted by atomic mass is 15.1. The van der Waals surface area contributed by atoms with Crippen LogP contribution in [0.1, 0.15) is 13.8 Å². The Bertz CT molecular complexity index is 426. The highest BCUT2D eigenvalue weighted by molar-refractivity contribution is 5.26. The molecule has 0 amide bonds. The average Bonchev–Trinajstić information content (AvgIpc) is 2.38. The molecule has 0 atom stereocenters. The second-order valence-corrected chi connectivity index (χ2v) is 3.24. The van der Waals surface area contributed by atoms with E-state index in [1.54, 1.807) is 24.3 Å². The Hall–Kier alpha value is -2.22. The van der Waals surface area contributed by atoms with Crippen LogP contribution >= 0.6 is 0 Å². The molecule has 0 unspecified atom stereocenters. The summed E-state index contributed by atoms with van der Waals surface area (Å²) in [5, 5.41) is 8.32. The van der Waals surface area contributed by atoms with Gasteiger partial charge in [-0.2, -0.15) is 10.2 Å². The first-order valence-electron chi connectivity index (χ1n) is 5.77. The van der Waals surface area contributed by atoms with Crippen molar-refractivity contribution in [3.63, 3.8) is 0 Å². The maximum atomic E-state index is 4.17. The van der Waals surface area contributed by atoms with Gasteiger partial charge in [-0.3, -0.25) is 0 Å². The molecular formula is C16H20N2. The lowest BCUT2D eigenvalue weighted by atomic mass is 10.3. The van der Waals surface area contributed by atoms with Gasteiger partial charge in [-0.1, -0.05) is 49.6 Å². The third-order valence-electron chi connectivity index (χ3n) is 1.77. The molecule has 0 aromatic rings. The quantitative estimate of drug-likeness (QED) is 0.427. The van der Waals surface area contributed by atoms with Gasteiger partial charge in [0.2, 0.25) is 0 Å². The van der Waals surface area contributed by atoms with Crippen LogP contribution in [0.15, 0.2) is 95.5 Å². The summed E-state index contributed by atoms with van der Waals surface area (Å²) in [6.45, 7) is 11.2. The summed E-state index contributed by atoms with van der Waals surface area (Å²) in [4.78, 5) is 0. The van der Waals surface area contributed by atoms with Crippen molar-refractivity contribution in [2.24, 2.45) is 10.2 Å². The Balaban J connectivity index is 5.03. The monoisotopic (exact) mass is 240 g/mol. The van der Waals surface area contributed by atoms with Crippen molar-refractivity contribution in [1.82, 2.24) is 0 Å². The Morgan fingerprint density at radius 1 is 0.778 bits per heavy atom. The van der Waals surface area contributed by atoms with Crippen LogP contribution in [-0.2, 0) is 0 Å². The molecule has 0 N–H and O–H groups in total. The molecule has 94 valence electrons. The van der Waals surface area contributed by atoms with E-state index in [1.807, 2.05) is 50.3 Å². The number of hydrogen-bond acceptors (Lipinski definition) is 2. The highest BCUT2D eigenvalue weighted by Crippen LogP contribution is 2.07. The molecule has 0 aliphatic rings. The van der Waals surface area contributed by atoms with E-state index < -0.39 is 0 Å². The minimum absolute atomic E-state index is 0.723. The Morgan fingerprint density at radius 3 is 1.94 bits per heavy atom. The van der Waals surface area contributed by atoms with Gasteiger partial charge in [0.1, 0.15) is 0 Å². The van der Waals surface area contributed by atoms with Crippen LogP contribution in [0.2, 0.25) is 0 Å². The molecule has 0 heterocycles.